The molecule has 6 nitrogen and oxygen atoms in total. The van der Waals surface area contributed by atoms with Crippen molar-refractivity contribution < 1.29 is 9.47 Å². The first-order chi connectivity index (χ1) is 10.2. The summed E-state index contributed by atoms with van der Waals surface area (Å²) in [4.78, 5) is 4.21. The highest BCUT2D eigenvalue weighted by Gasteiger charge is 2.09. The summed E-state index contributed by atoms with van der Waals surface area (Å²) in [5, 5.41) is 9.33. The lowest BCUT2D eigenvalue weighted by Gasteiger charge is -2.11. The number of halogens is 1. The van der Waals surface area contributed by atoms with Crippen LogP contribution in [0.25, 0.3) is 0 Å². The molecular weight excluding hydrogens is 292 g/mol. The minimum Gasteiger partial charge on any atom is -0.493 e. The molecular formula is C14H13ClN4O2. The average Bonchev–Trinajstić information content (AvgIpc) is 2.54. The van der Waals surface area contributed by atoms with Crippen LogP contribution in [0.2, 0.25) is 5.02 Å². The number of hydrazine groups is 1. The number of pyridine rings is 1. The number of hydrogen-bond acceptors (Lipinski definition) is 6. The Morgan fingerprint density at radius 3 is 2.81 bits per heavy atom. The lowest BCUT2D eigenvalue weighted by atomic mass is 10.2. The second-order valence-electron chi connectivity index (χ2n) is 4.04. The minimum atomic E-state index is 0.149. The number of methoxy groups -OCH3 is 1. The fourth-order valence-electron chi connectivity index (χ4n) is 1.67. The lowest BCUT2D eigenvalue weighted by Crippen LogP contribution is -2.10. The summed E-state index contributed by atoms with van der Waals surface area (Å²) >= 11 is 6.06. The Labute approximate surface area is 127 Å². The van der Waals surface area contributed by atoms with E-state index in [9.17, 15) is 0 Å². The zero-order chi connectivity index (χ0) is 15.2. The first kappa shape index (κ1) is 14.9. The third-order valence-corrected chi connectivity index (χ3v) is 3.07. The Balaban J connectivity index is 2.18. The van der Waals surface area contributed by atoms with Gasteiger partial charge in [0, 0.05) is 6.07 Å². The number of rotatable bonds is 5. The number of nitrogens with two attached hydrogens (primary N) is 1. The van der Waals surface area contributed by atoms with Gasteiger partial charge in [-0.25, -0.2) is 10.8 Å². The molecule has 0 fully saturated rings. The summed E-state index contributed by atoms with van der Waals surface area (Å²) in [5.74, 6) is 6.77. The molecule has 1 aromatic carbocycles. The fourth-order valence-corrected chi connectivity index (χ4v) is 1.83. The monoisotopic (exact) mass is 304 g/mol. The molecule has 0 radical (unpaired) electrons. The van der Waals surface area contributed by atoms with Crippen LogP contribution in [0, 0.1) is 11.3 Å². The largest absolute Gasteiger partial charge is 0.493 e. The van der Waals surface area contributed by atoms with Crippen LogP contribution >= 0.6 is 11.6 Å². The molecule has 3 N–H and O–H groups in total. The molecule has 0 saturated carbocycles. The number of aromatic nitrogens is 1. The highest BCUT2D eigenvalue weighted by molar-refractivity contribution is 6.31. The number of ether oxygens (including phenoxy) is 2. The van der Waals surface area contributed by atoms with E-state index in [1.165, 1.54) is 7.11 Å². The van der Waals surface area contributed by atoms with Gasteiger partial charge in [0.05, 0.1) is 29.5 Å². The van der Waals surface area contributed by atoms with Crippen LogP contribution in [0.4, 0.5) is 5.82 Å². The molecule has 0 saturated heterocycles. The maximum absolute atomic E-state index is 8.86. The van der Waals surface area contributed by atoms with Crippen LogP contribution in [0.15, 0.2) is 30.3 Å². The van der Waals surface area contributed by atoms with Gasteiger partial charge in [-0.2, -0.15) is 5.26 Å². The van der Waals surface area contributed by atoms with E-state index in [0.29, 0.717) is 33.6 Å². The molecule has 0 unspecified atom stereocenters. The standard InChI is InChI=1S/C14H13ClN4O2/c1-20-13-6-9(7-16)2-4-12(13)21-8-11-10(15)3-5-14(18-11)19-17/h2-6H,8,17H2,1H3,(H,18,19). The van der Waals surface area contributed by atoms with Crippen molar-refractivity contribution in [2.45, 2.75) is 6.61 Å². The van der Waals surface area contributed by atoms with Crippen LogP contribution in [-0.2, 0) is 6.61 Å². The molecule has 0 aliphatic carbocycles. The van der Waals surface area contributed by atoms with Gasteiger partial charge in [-0.3, -0.25) is 0 Å². The van der Waals surface area contributed by atoms with Crippen LogP contribution in [-0.4, -0.2) is 12.1 Å². The van der Waals surface area contributed by atoms with Gasteiger partial charge >= 0.3 is 0 Å². The number of hydrogen-bond donors (Lipinski definition) is 2. The molecule has 0 aliphatic rings. The molecule has 2 aromatic rings. The number of nitriles is 1. The highest BCUT2D eigenvalue weighted by atomic mass is 35.5. The molecule has 0 bridgehead atoms. The van der Waals surface area contributed by atoms with Crippen molar-refractivity contribution in [1.29, 1.82) is 5.26 Å². The quantitative estimate of drug-likeness (QED) is 0.651. The Bertz CT molecular complexity index is 685. The van der Waals surface area contributed by atoms with Gasteiger partial charge in [0.1, 0.15) is 12.4 Å². The smallest absolute Gasteiger partial charge is 0.162 e. The molecule has 0 spiro atoms. The first-order valence-electron chi connectivity index (χ1n) is 6.01. The molecule has 1 aromatic heterocycles. The maximum Gasteiger partial charge on any atom is 0.162 e. The van der Waals surface area contributed by atoms with E-state index in [1.54, 1.807) is 30.3 Å². The third-order valence-electron chi connectivity index (χ3n) is 2.72. The number of anilines is 1. The van der Waals surface area contributed by atoms with Gasteiger partial charge in [0.15, 0.2) is 11.5 Å². The van der Waals surface area contributed by atoms with E-state index in [0.717, 1.165) is 0 Å². The van der Waals surface area contributed by atoms with Crippen LogP contribution in [0.5, 0.6) is 11.5 Å². The van der Waals surface area contributed by atoms with Gasteiger partial charge in [-0.05, 0) is 24.3 Å². The second-order valence-corrected chi connectivity index (χ2v) is 4.44. The Morgan fingerprint density at radius 2 is 2.14 bits per heavy atom. The third kappa shape index (κ3) is 3.54. The Hall–Kier alpha value is -2.49. The van der Waals surface area contributed by atoms with E-state index in [2.05, 4.69) is 10.4 Å². The van der Waals surface area contributed by atoms with E-state index in [1.807, 2.05) is 6.07 Å². The van der Waals surface area contributed by atoms with Gasteiger partial charge in [-0.1, -0.05) is 11.6 Å². The molecule has 0 amide bonds. The summed E-state index contributed by atoms with van der Waals surface area (Å²) in [7, 11) is 1.51. The van der Waals surface area contributed by atoms with Crippen molar-refractivity contribution >= 4 is 17.4 Å². The Kier molecular flexibility index (Phi) is 4.82. The van der Waals surface area contributed by atoms with Gasteiger partial charge in [0.2, 0.25) is 0 Å². The summed E-state index contributed by atoms with van der Waals surface area (Å²) in [6, 6.07) is 10.3. The molecule has 21 heavy (non-hydrogen) atoms. The summed E-state index contributed by atoms with van der Waals surface area (Å²) in [6.45, 7) is 0.149. The fraction of sp³-hybridized carbons (Fsp3) is 0.143. The zero-order valence-electron chi connectivity index (χ0n) is 11.3. The Morgan fingerprint density at radius 1 is 1.33 bits per heavy atom. The number of nitrogen functional groups attached to an aromatic ring is 1. The van der Waals surface area contributed by atoms with Crippen molar-refractivity contribution in [2.24, 2.45) is 5.84 Å². The predicted molar refractivity (Wildman–Crippen MR) is 79.1 cm³/mol. The van der Waals surface area contributed by atoms with E-state index in [-0.39, 0.29) is 6.61 Å². The second kappa shape index (κ2) is 6.79. The number of nitrogens with one attached hydrogen (secondary N) is 1. The maximum atomic E-state index is 8.86. The molecule has 1 heterocycles. The van der Waals surface area contributed by atoms with Gasteiger partial charge in [0.25, 0.3) is 0 Å². The summed E-state index contributed by atoms with van der Waals surface area (Å²) < 4.78 is 10.8. The first-order valence-corrected chi connectivity index (χ1v) is 6.38. The van der Waals surface area contributed by atoms with E-state index in [4.69, 9.17) is 32.2 Å². The highest BCUT2D eigenvalue weighted by Crippen LogP contribution is 2.29. The summed E-state index contributed by atoms with van der Waals surface area (Å²) in [6.07, 6.45) is 0. The average molecular weight is 305 g/mol. The normalized spacial score (nSPS) is 9.81. The van der Waals surface area contributed by atoms with Crippen LogP contribution in [0.3, 0.4) is 0 Å². The van der Waals surface area contributed by atoms with Crippen LogP contribution < -0.4 is 20.7 Å². The molecule has 0 atom stereocenters. The van der Waals surface area contributed by atoms with Crippen molar-refractivity contribution in [1.82, 2.24) is 4.98 Å². The van der Waals surface area contributed by atoms with Crippen molar-refractivity contribution in [2.75, 3.05) is 12.5 Å². The number of benzene rings is 1. The van der Waals surface area contributed by atoms with E-state index >= 15 is 0 Å². The molecule has 108 valence electrons. The van der Waals surface area contributed by atoms with Crippen molar-refractivity contribution in [3.63, 3.8) is 0 Å². The predicted octanol–water partition coefficient (Wildman–Crippen LogP) is 2.48. The SMILES string of the molecule is COc1cc(C#N)ccc1OCc1nc(NN)ccc1Cl. The molecule has 2 rings (SSSR count). The lowest BCUT2D eigenvalue weighted by molar-refractivity contribution is 0.281. The van der Waals surface area contributed by atoms with Crippen LogP contribution in [0.1, 0.15) is 11.3 Å². The van der Waals surface area contributed by atoms with Crippen molar-refractivity contribution in [3.05, 3.63) is 46.6 Å². The minimum absolute atomic E-state index is 0.149. The molecule has 7 heteroatoms. The van der Waals surface area contributed by atoms with Gasteiger partial charge in [-0.15, -0.1) is 0 Å². The molecule has 0 aliphatic heterocycles. The van der Waals surface area contributed by atoms with Crippen molar-refractivity contribution in [3.8, 4) is 17.6 Å². The van der Waals surface area contributed by atoms with Gasteiger partial charge < -0.3 is 14.9 Å². The topological polar surface area (TPSA) is 93.2 Å². The summed E-state index contributed by atoms with van der Waals surface area (Å²) in [5.41, 5.74) is 3.48. The zero-order valence-corrected chi connectivity index (χ0v) is 12.0. The van der Waals surface area contributed by atoms with E-state index < -0.39 is 0 Å². The number of nitrogens with zero attached hydrogens (tertiary/aromatic N) is 2.